The van der Waals surface area contributed by atoms with E-state index in [1.165, 1.54) is 29.0 Å². The molecule has 2 aromatic carbocycles. The van der Waals surface area contributed by atoms with Crippen LogP contribution in [-0.4, -0.2) is 27.5 Å². The number of rotatable bonds is 3. The van der Waals surface area contributed by atoms with E-state index in [1.807, 2.05) is 6.07 Å². The summed E-state index contributed by atoms with van der Waals surface area (Å²) < 4.78 is 20.3. The Morgan fingerprint density at radius 2 is 1.90 bits per heavy atom. The number of carbonyl (C=O) groups excluding carboxylic acids is 1. The zero-order valence-electron chi connectivity index (χ0n) is 16.7. The molecule has 0 saturated heterocycles. The molecule has 1 atom stereocenters. The van der Waals surface area contributed by atoms with Crippen LogP contribution in [0.25, 0.3) is 16.6 Å². The molecular formula is C22H22FN3O3. The molecule has 3 aromatic rings. The Morgan fingerprint density at radius 3 is 2.55 bits per heavy atom. The number of carbonyl (C=O) groups is 1. The van der Waals surface area contributed by atoms with Gasteiger partial charge in [0.15, 0.2) is 0 Å². The maximum atomic E-state index is 13.7. The van der Waals surface area contributed by atoms with Gasteiger partial charge < -0.3 is 4.74 Å². The second kappa shape index (κ2) is 7.95. The molecule has 1 heterocycles. The predicted octanol–water partition coefficient (Wildman–Crippen LogP) is 4.63. The van der Waals surface area contributed by atoms with Crippen molar-refractivity contribution in [2.45, 2.75) is 39.2 Å². The van der Waals surface area contributed by atoms with Crippen LogP contribution in [0, 0.1) is 5.82 Å². The van der Waals surface area contributed by atoms with Gasteiger partial charge >= 0.3 is 6.09 Å². The Labute approximate surface area is 167 Å². The van der Waals surface area contributed by atoms with Crippen LogP contribution in [0.3, 0.4) is 0 Å². The van der Waals surface area contributed by atoms with E-state index in [2.05, 4.69) is 9.98 Å². The minimum atomic E-state index is -0.721. The second-order valence-corrected chi connectivity index (χ2v) is 7.65. The quantitative estimate of drug-likeness (QED) is 0.606. The van der Waals surface area contributed by atoms with Gasteiger partial charge in [-0.1, -0.05) is 25.1 Å². The SMILES string of the molecule is CC(C=NC(=O)OC(C)(C)C)c1nc2ccc(F)cc2c(=O)n1-c1ccccc1. The van der Waals surface area contributed by atoms with Crippen molar-refractivity contribution in [3.05, 3.63) is 70.5 Å². The normalized spacial score (nSPS) is 13.0. The van der Waals surface area contributed by atoms with Crippen LogP contribution in [0.4, 0.5) is 9.18 Å². The molecule has 0 bridgehead atoms. The summed E-state index contributed by atoms with van der Waals surface area (Å²) in [5, 5.41) is 0.175. The zero-order valence-corrected chi connectivity index (χ0v) is 16.7. The van der Waals surface area contributed by atoms with Crippen LogP contribution in [-0.2, 0) is 4.74 Å². The molecule has 0 spiro atoms. The highest BCUT2D eigenvalue weighted by Gasteiger charge is 2.19. The van der Waals surface area contributed by atoms with Gasteiger partial charge in [0.05, 0.1) is 22.5 Å². The van der Waals surface area contributed by atoms with E-state index in [0.29, 0.717) is 17.0 Å². The van der Waals surface area contributed by atoms with Gasteiger partial charge in [0.25, 0.3) is 5.56 Å². The fraction of sp³-hybridized carbons (Fsp3) is 0.273. The second-order valence-electron chi connectivity index (χ2n) is 7.65. The number of nitrogens with zero attached hydrogens (tertiary/aromatic N) is 3. The molecule has 6 nitrogen and oxygen atoms in total. The lowest BCUT2D eigenvalue weighted by molar-refractivity contribution is 0.0604. The number of halogens is 1. The predicted molar refractivity (Wildman–Crippen MR) is 110 cm³/mol. The molecule has 29 heavy (non-hydrogen) atoms. The molecule has 0 aliphatic heterocycles. The molecule has 1 amide bonds. The Hall–Kier alpha value is -3.35. The van der Waals surface area contributed by atoms with Crippen LogP contribution in [0.5, 0.6) is 0 Å². The highest BCUT2D eigenvalue weighted by molar-refractivity contribution is 5.83. The lowest BCUT2D eigenvalue weighted by Gasteiger charge is -2.18. The fourth-order valence-electron chi connectivity index (χ4n) is 2.83. The molecule has 3 rings (SSSR count). The molecule has 1 aromatic heterocycles. The Kier molecular flexibility index (Phi) is 5.59. The van der Waals surface area contributed by atoms with Gasteiger partial charge in [-0.3, -0.25) is 9.36 Å². The van der Waals surface area contributed by atoms with E-state index in [-0.39, 0.29) is 5.39 Å². The zero-order chi connectivity index (χ0) is 21.2. The monoisotopic (exact) mass is 395 g/mol. The molecule has 0 aliphatic carbocycles. The summed E-state index contributed by atoms with van der Waals surface area (Å²) in [6.45, 7) is 7.02. The van der Waals surface area contributed by atoms with E-state index in [9.17, 15) is 14.0 Å². The minimum Gasteiger partial charge on any atom is -0.442 e. The minimum absolute atomic E-state index is 0.175. The molecule has 1 unspecified atom stereocenters. The largest absolute Gasteiger partial charge is 0.442 e. The number of benzene rings is 2. The first-order chi connectivity index (χ1) is 13.7. The number of fused-ring (bicyclic) bond motifs is 1. The van der Waals surface area contributed by atoms with Crippen LogP contribution in [0.15, 0.2) is 58.3 Å². The number of amides is 1. The molecule has 150 valence electrons. The van der Waals surface area contributed by atoms with Crippen molar-refractivity contribution in [2.75, 3.05) is 0 Å². The van der Waals surface area contributed by atoms with Crippen LogP contribution < -0.4 is 5.56 Å². The van der Waals surface area contributed by atoms with Crippen molar-refractivity contribution in [1.29, 1.82) is 0 Å². The van der Waals surface area contributed by atoms with E-state index in [1.54, 1.807) is 52.0 Å². The number of para-hydroxylation sites is 1. The Morgan fingerprint density at radius 1 is 1.21 bits per heavy atom. The highest BCUT2D eigenvalue weighted by atomic mass is 19.1. The summed E-state index contributed by atoms with van der Waals surface area (Å²) in [5.41, 5.74) is -0.0947. The number of ether oxygens (including phenoxy) is 1. The van der Waals surface area contributed by atoms with Crippen molar-refractivity contribution in [1.82, 2.24) is 9.55 Å². The Balaban J connectivity index is 2.12. The average molecular weight is 395 g/mol. The molecule has 0 fully saturated rings. The first-order valence-corrected chi connectivity index (χ1v) is 9.20. The lowest BCUT2D eigenvalue weighted by atomic mass is 10.1. The standard InChI is InChI=1S/C22H22FN3O3/c1-14(13-24-21(28)29-22(2,3)4)19-25-18-11-10-15(23)12-17(18)20(27)26(19)16-8-6-5-7-9-16/h5-14H,1-4H3. The smallest absolute Gasteiger partial charge is 0.433 e. The number of hydrogen-bond acceptors (Lipinski definition) is 4. The third kappa shape index (κ3) is 4.74. The van der Waals surface area contributed by atoms with Crippen LogP contribution in [0.2, 0.25) is 0 Å². The first kappa shape index (κ1) is 20.4. The summed E-state index contributed by atoms with van der Waals surface area (Å²) >= 11 is 0. The number of hydrogen-bond donors (Lipinski definition) is 0. The maximum absolute atomic E-state index is 13.7. The van der Waals surface area contributed by atoms with Gasteiger partial charge in [-0.2, -0.15) is 4.99 Å². The third-order valence-corrected chi connectivity index (χ3v) is 4.07. The van der Waals surface area contributed by atoms with Crippen LogP contribution in [0.1, 0.15) is 39.4 Å². The lowest BCUT2D eigenvalue weighted by Crippen LogP contribution is -2.26. The molecule has 0 saturated carbocycles. The van der Waals surface area contributed by atoms with E-state index in [4.69, 9.17) is 4.74 Å². The summed E-state index contributed by atoms with van der Waals surface area (Å²) in [5.74, 6) is -0.610. The van der Waals surface area contributed by atoms with Gasteiger partial charge in [0.2, 0.25) is 0 Å². The molecular weight excluding hydrogens is 373 g/mol. The third-order valence-electron chi connectivity index (χ3n) is 4.07. The van der Waals surface area contributed by atoms with Gasteiger partial charge in [-0.05, 0) is 51.1 Å². The molecule has 0 radical (unpaired) electrons. The number of aliphatic imine (C=N–C) groups is 1. The van der Waals surface area contributed by atoms with E-state index in [0.717, 1.165) is 0 Å². The summed E-state index contributed by atoms with van der Waals surface area (Å²) in [7, 11) is 0. The molecule has 0 aliphatic rings. The Bertz CT molecular complexity index is 1130. The fourth-order valence-corrected chi connectivity index (χ4v) is 2.83. The maximum Gasteiger partial charge on any atom is 0.433 e. The van der Waals surface area contributed by atoms with E-state index < -0.39 is 29.0 Å². The topological polar surface area (TPSA) is 73.6 Å². The van der Waals surface area contributed by atoms with Gasteiger partial charge in [0.1, 0.15) is 17.2 Å². The van der Waals surface area contributed by atoms with Crippen molar-refractivity contribution >= 4 is 23.2 Å². The molecule has 7 heteroatoms. The summed E-state index contributed by atoms with van der Waals surface area (Å²) in [6, 6.07) is 12.8. The van der Waals surface area contributed by atoms with Crippen molar-refractivity contribution in [3.8, 4) is 5.69 Å². The van der Waals surface area contributed by atoms with Crippen molar-refractivity contribution < 1.29 is 13.9 Å². The number of aromatic nitrogens is 2. The summed E-state index contributed by atoms with van der Waals surface area (Å²) in [6.07, 6.45) is 0.672. The highest BCUT2D eigenvalue weighted by Crippen LogP contribution is 2.19. The van der Waals surface area contributed by atoms with Gasteiger partial charge in [-0.15, -0.1) is 0 Å². The molecule has 0 N–H and O–H groups in total. The van der Waals surface area contributed by atoms with Crippen molar-refractivity contribution in [3.63, 3.8) is 0 Å². The average Bonchev–Trinajstić information content (AvgIpc) is 2.66. The first-order valence-electron chi connectivity index (χ1n) is 9.20. The van der Waals surface area contributed by atoms with Gasteiger partial charge in [0, 0.05) is 6.21 Å². The van der Waals surface area contributed by atoms with E-state index >= 15 is 0 Å². The summed E-state index contributed by atoms with van der Waals surface area (Å²) in [4.78, 5) is 33.5. The van der Waals surface area contributed by atoms with Crippen LogP contribution >= 0.6 is 0 Å². The van der Waals surface area contributed by atoms with Crippen molar-refractivity contribution in [2.24, 2.45) is 4.99 Å². The van der Waals surface area contributed by atoms with Gasteiger partial charge in [-0.25, -0.2) is 14.2 Å².